The van der Waals surface area contributed by atoms with E-state index in [9.17, 15) is 18.4 Å². The summed E-state index contributed by atoms with van der Waals surface area (Å²) in [7, 11) is 3.04. The van der Waals surface area contributed by atoms with Crippen LogP contribution < -0.4 is 15.5 Å². The van der Waals surface area contributed by atoms with Crippen LogP contribution in [0.3, 0.4) is 0 Å². The summed E-state index contributed by atoms with van der Waals surface area (Å²) in [6.45, 7) is 0. The van der Waals surface area contributed by atoms with Gasteiger partial charge in [-0.25, -0.2) is 8.78 Å². The van der Waals surface area contributed by atoms with E-state index in [0.717, 1.165) is 12.1 Å². The molecule has 0 aliphatic carbocycles. The molecule has 1 unspecified atom stereocenters. The van der Waals surface area contributed by atoms with E-state index < -0.39 is 29.3 Å². The van der Waals surface area contributed by atoms with Crippen molar-refractivity contribution < 1.29 is 18.3 Å². The van der Waals surface area contributed by atoms with Crippen LogP contribution in [0, 0.1) is 11.6 Å². The summed E-state index contributed by atoms with van der Waals surface area (Å²) in [5.74, 6) is -2.18. The summed E-state index contributed by atoms with van der Waals surface area (Å²) >= 11 is 0. The van der Waals surface area contributed by atoms with Crippen molar-refractivity contribution in [3.05, 3.63) is 57.9 Å². The van der Waals surface area contributed by atoms with Gasteiger partial charge in [0.1, 0.15) is 23.0 Å². The number of ether oxygens (including phenoxy) is 1. The van der Waals surface area contributed by atoms with Crippen molar-refractivity contribution in [3.8, 4) is 5.88 Å². The van der Waals surface area contributed by atoms with Gasteiger partial charge in [-0.2, -0.15) is 5.10 Å². The molecular formula is C17H16F2N4O3. The summed E-state index contributed by atoms with van der Waals surface area (Å²) in [5.41, 5.74) is -0.338. The number of hydrogen-bond donors (Lipinski definition) is 2. The Morgan fingerprint density at radius 3 is 2.69 bits per heavy atom. The zero-order valence-electron chi connectivity index (χ0n) is 14.0. The molecule has 1 aliphatic heterocycles. The highest BCUT2D eigenvalue weighted by Gasteiger charge is 2.31. The van der Waals surface area contributed by atoms with E-state index in [1.54, 1.807) is 7.05 Å². The van der Waals surface area contributed by atoms with E-state index in [4.69, 9.17) is 4.74 Å². The second kappa shape index (κ2) is 6.95. The standard InChI is InChI=1S/C17H16F2N4O3/c1-23-13(9-8-20-15(26-2)7-14(9)24)6-12(22-23)17(25)21-16-10(18)4-3-5-11(16)19/h3-5,7-8,13H,6H2,1-2H3,(H,20,24)(H,21,25). The maximum atomic E-state index is 13.7. The number of methoxy groups -OCH3 is 1. The van der Waals surface area contributed by atoms with Crippen LogP contribution in [0.4, 0.5) is 14.5 Å². The molecule has 1 aromatic carbocycles. The lowest BCUT2D eigenvalue weighted by Gasteiger charge is -2.18. The van der Waals surface area contributed by atoms with E-state index in [2.05, 4.69) is 15.4 Å². The third-order valence-corrected chi connectivity index (χ3v) is 4.08. The van der Waals surface area contributed by atoms with Crippen LogP contribution in [0.5, 0.6) is 5.88 Å². The normalized spacial score (nSPS) is 16.4. The topological polar surface area (TPSA) is 86.8 Å². The lowest BCUT2D eigenvalue weighted by molar-refractivity contribution is -0.110. The highest BCUT2D eigenvalue weighted by molar-refractivity contribution is 6.43. The van der Waals surface area contributed by atoms with Crippen LogP contribution >= 0.6 is 0 Å². The van der Waals surface area contributed by atoms with E-state index in [-0.39, 0.29) is 17.6 Å². The van der Waals surface area contributed by atoms with Gasteiger partial charge in [-0.15, -0.1) is 0 Å². The molecule has 1 amide bonds. The number of anilines is 1. The third kappa shape index (κ3) is 3.28. The molecule has 136 valence electrons. The fourth-order valence-corrected chi connectivity index (χ4v) is 2.71. The largest absolute Gasteiger partial charge is 0.482 e. The minimum absolute atomic E-state index is 0.0652. The highest BCUT2D eigenvalue weighted by Crippen LogP contribution is 2.28. The quantitative estimate of drug-likeness (QED) is 0.871. The van der Waals surface area contributed by atoms with Crippen LogP contribution in [0.1, 0.15) is 18.0 Å². The predicted molar refractivity (Wildman–Crippen MR) is 91.2 cm³/mol. The molecule has 0 spiro atoms. The zero-order valence-corrected chi connectivity index (χ0v) is 14.0. The average molecular weight is 362 g/mol. The van der Waals surface area contributed by atoms with Crippen molar-refractivity contribution in [3.63, 3.8) is 0 Å². The Morgan fingerprint density at radius 1 is 1.38 bits per heavy atom. The second-order valence-electron chi connectivity index (χ2n) is 5.71. The molecule has 2 aromatic rings. The van der Waals surface area contributed by atoms with Gasteiger partial charge in [0.25, 0.3) is 5.91 Å². The number of pyridine rings is 1. The third-order valence-electron chi connectivity index (χ3n) is 4.08. The highest BCUT2D eigenvalue weighted by atomic mass is 19.1. The van der Waals surface area contributed by atoms with Crippen LogP contribution in [0.2, 0.25) is 0 Å². The summed E-state index contributed by atoms with van der Waals surface area (Å²) in [6.07, 6.45) is 1.61. The Kier molecular flexibility index (Phi) is 4.70. The van der Waals surface area contributed by atoms with Gasteiger partial charge in [0.2, 0.25) is 0 Å². The Balaban J connectivity index is 1.79. The SMILES string of the molecule is COc1cc(=O)c(C2CC(C(=O)Nc3c(F)cccc3F)=NN2C)c[nH]1. The molecule has 0 radical (unpaired) electrons. The molecule has 2 heterocycles. The van der Waals surface area contributed by atoms with Crippen LogP contribution in [-0.4, -0.2) is 35.8 Å². The number of carbonyl (C=O) groups is 1. The lowest BCUT2D eigenvalue weighted by atomic mass is 10.0. The number of aromatic amines is 1. The molecule has 0 saturated heterocycles. The van der Waals surface area contributed by atoms with E-state index in [0.29, 0.717) is 11.4 Å². The van der Waals surface area contributed by atoms with Gasteiger partial charge in [-0.3, -0.25) is 14.6 Å². The molecular weight excluding hydrogens is 346 g/mol. The predicted octanol–water partition coefficient (Wildman–Crippen LogP) is 2.03. The molecule has 7 nitrogen and oxygen atoms in total. The molecule has 0 saturated carbocycles. The summed E-state index contributed by atoms with van der Waals surface area (Å²) in [4.78, 5) is 27.4. The monoisotopic (exact) mass is 362 g/mol. The Bertz CT molecular complexity index is 922. The van der Waals surface area contributed by atoms with Crippen LogP contribution in [-0.2, 0) is 4.79 Å². The number of rotatable bonds is 4. The first-order valence-corrected chi connectivity index (χ1v) is 7.73. The molecule has 0 fully saturated rings. The average Bonchev–Trinajstić information content (AvgIpc) is 2.99. The number of H-pyrrole nitrogens is 1. The van der Waals surface area contributed by atoms with E-state index in [1.807, 2.05) is 0 Å². The maximum Gasteiger partial charge on any atom is 0.272 e. The number of para-hydroxylation sites is 1. The minimum atomic E-state index is -0.881. The number of hydrogen-bond acceptors (Lipinski definition) is 5. The summed E-state index contributed by atoms with van der Waals surface area (Å²) in [6, 6.07) is 4.11. The van der Waals surface area contributed by atoms with Gasteiger partial charge < -0.3 is 15.0 Å². The molecule has 9 heteroatoms. The van der Waals surface area contributed by atoms with E-state index >= 15 is 0 Å². The number of nitrogens with zero attached hydrogens (tertiary/aromatic N) is 2. The number of halogens is 2. The van der Waals surface area contributed by atoms with Gasteiger partial charge in [-0.05, 0) is 12.1 Å². The van der Waals surface area contributed by atoms with Crippen molar-refractivity contribution in [2.45, 2.75) is 12.5 Å². The molecule has 3 rings (SSSR count). The van der Waals surface area contributed by atoms with Crippen LogP contribution in [0.25, 0.3) is 0 Å². The minimum Gasteiger partial charge on any atom is -0.482 e. The molecule has 1 atom stereocenters. The van der Waals surface area contributed by atoms with Gasteiger partial charge in [0.15, 0.2) is 11.3 Å². The van der Waals surface area contributed by atoms with Gasteiger partial charge in [0.05, 0.1) is 13.2 Å². The number of hydrazone groups is 1. The number of aromatic nitrogens is 1. The Morgan fingerprint density at radius 2 is 2.08 bits per heavy atom. The number of amides is 1. The molecule has 26 heavy (non-hydrogen) atoms. The van der Waals surface area contributed by atoms with Crippen molar-refractivity contribution in [1.82, 2.24) is 9.99 Å². The lowest BCUT2D eigenvalue weighted by Crippen LogP contribution is -2.24. The van der Waals surface area contributed by atoms with Crippen LogP contribution in [0.15, 0.2) is 40.4 Å². The van der Waals surface area contributed by atoms with Crippen molar-refractivity contribution in [1.29, 1.82) is 0 Å². The van der Waals surface area contributed by atoms with Gasteiger partial charge in [-0.1, -0.05) is 6.07 Å². The Hall–Kier alpha value is -3.23. The van der Waals surface area contributed by atoms with Crippen molar-refractivity contribution in [2.75, 3.05) is 19.5 Å². The van der Waals surface area contributed by atoms with Crippen molar-refractivity contribution >= 4 is 17.3 Å². The molecule has 1 aromatic heterocycles. The molecule has 0 bridgehead atoms. The maximum absolute atomic E-state index is 13.7. The Labute approximate surface area is 147 Å². The zero-order chi connectivity index (χ0) is 18.8. The fourth-order valence-electron chi connectivity index (χ4n) is 2.71. The first-order valence-electron chi connectivity index (χ1n) is 7.73. The van der Waals surface area contributed by atoms with Crippen molar-refractivity contribution in [2.24, 2.45) is 5.10 Å². The molecule has 1 aliphatic rings. The molecule has 2 N–H and O–H groups in total. The first kappa shape index (κ1) is 17.6. The van der Waals surface area contributed by atoms with Gasteiger partial charge in [0, 0.05) is 31.3 Å². The summed E-state index contributed by atoms with van der Waals surface area (Å²) < 4.78 is 32.3. The first-order chi connectivity index (χ1) is 12.4. The van der Waals surface area contributed by atoms with E-state index in [1.165, 1.54) is 30.4 Å². The number of benzene rings is 1. The van der Waals surface area contributed by atoms with Gasteiger partial charge >= 0.3 is 0 Å². The number of nitrogens with one attached hydrogen (secondary N) is 2. The smallest absolute Gasteiger partial charge is 0.272 e. The second-order valence-corrected chi connectivity index (χ2v) is 5.71. The number of carbonyl (C=O) groups excluding carboxylic acids is 1. The fraction of sp³-hybridized carbons (Fsp3) is 0.235. The summed E-state index contributed by atoms with van der Waals surface area (Å²) in [5, 5.41) is 7.75.